The first-order valence-electron chi connectivity index (χ1n) is 6.73. The van der Waals surface area contributed by atoms with Gasteiger partial charge >= 0.3 is 0 Å². The minimum atomic E-state index is 0.375. The maximum absolute atomic E-state index is 5.53. The van der Waals surface area contributed by atoms with Crippen molar-refractivity contribution in [3.63, 3.8) is 0 Å². The van der Waals surface area contributed by atoms with Crippen LogP contribution in [0.15, 0.2) is 16.6 Å². The molecule has 2 nitrogen and oxygen atoms in total. The highest BCUT2D eigenvalue weighted by Gasteiger charge is 2.55. The predicted molar refractivity (Wildman–Crippen MR) is 83.2 cm³/mol. The van der Waals surface area contributed by atoms with E-state index in [1.54, 1.807) is 14.2 Å². The van der Waals surface area contributed by atoms with Crippen LogP contribution >= 0.6 is 31.9 Å². The topological polar surface area (TPSA) is 18.5 Å². The summed E-state index contributed by atoms with van der Waals surface area (Å²) in [6.07, 6.45) is 4.20. The van der Waals surface area contributed by atoms with Crippen LogP contribution in [0.1, 0.15) is 29.7 Å². The zero-order valence-corrected chi connectivity index (χ0v) is 14.3. The van der Waals surface area contributed by atoms with Crippen molar-refractivity contribution in [1.82, 2.24) is 0 Å². The molecule has 0 bridgehead atoms. The third kappa shape index (κ3) is 2.31. The number of halogens is 2. The van der Waals surface area contributed by atoms with Crippen LogP contribution in [0.25, 0.3) is 0 Å². The molecule has 0 N–H and O–H groups in total. The zero-order chi connectivity index (χ0) is 13.6. The van der Waals surface area contributed by atoms with Crippen LogP contribution in [0.5, 0.6) is 11.5 Å². The summed E-state index contributed by atoms with van der Waals surface area (Å²) in [6, 6.07) is 4.09. The number of methoxy groups -OCH3 is 2. The van der Waals surface area contributed by atoms with E-state index in [1.807, 2.05) is 6.07 Å². The van der Waals surface area contributed by atoms with E-state index >= 15 is 0 Å². The lowest BCUT2D eigenvalue weighted by Crippen LogP contribution is -2.02. The highest BCUT2D eigenvalue weighted by Crippen LogP contribution is 2.65. The number of alkyl halides is 1. The minimum Gasteiger partial charge on any atom is -0.496 e. The summed E-state index contributed by atoms with van der Waals surface area (Å²) < 4.78 is 11.9. The van der Waals surface area contributed by atoms with E-state index in [0.717, 1.165) is 33.7 Å². The van der Waals surface area contributed by atoms with Gasteiger partial charge in [0.2, 0.25) is 0 Å². The lowest BCUT2D eigenvalue weighted by atomic mass is 10.0. The number of fused-ring (bicyclic) bond motifs is 1. The Morgan fingerprint density at radius 1 is 1.11 bits per heavy atom. The van der Waals surface area contributed by atoms with Crippen LogP contribution < -0.4 is 9.47 Å². The third-order valence-electron chi connectivity index (χ3n) is 4.61. The van der Waals surface area contributed by atoms with Crippen molar-refractivity contribution >= 4 is 31.9 Å². The van der Waals surface area contributed by atoms with Crippen molar-refractivity contribution in [3.8, 4) is 11.5 Å². The van der Waals surface area contributed by atoms with Gasteiger partial charge in [0.1, 0.15) is 11.5 Å². The van der Waals surface area contributed by atoms with Crippen LogP contribution in [-0.4, -0.2) is 14.2 Å². The van der Waals surface area contributed by atoms with Crippen molar-refractivity contribution in [1.29, 1.82) is 0 Å². The minimum absolute atomic E-state index is 0.375. The molecule has 0 aliphatic heterocycles. The molecule has 0 saturated heterocycles. The molecule has 2 aliphatic carbocycles. The van der Waals surface area contributed by atoms with Gasteiger partial charge in [-0.25, -0.2) is 0 Å². The molecule has 2 aliphatic rings. The standard InChI is InChI=1S/C15H18Br2O2/c1-18-12-7-11(16)13(19-2)6-10(12)15(17)14-8-4-3-5-9(8)14/h6-9,14-15H,3-5H2,1-2H3. The van der Waals surface area contributed by atoms with Crippen LogP contribution in [0.3, 0.4) is 0 Å². The Balaban J connectivity index is 1.90. The fourth-order valence-corrected chi connectivity index (χ4v) is 5.24. The molecule has 104 valence electrons. The second-order valence-electron chi connectivity index (χ2n) is 5.47. The van der Waals surface area contributed by atoms with Gasteiger partial charge in [-0.3, -0.25) is 0 Å². The van der Waals surface area contributed by atoms with Gasteiger partial charge in [-0.05, 0) is 58.7 Å². The maximum atomic E-state index is 5.53. The molecule has 0 radical (unpaired) electrons. The van der Waals surface area contributed by atoms with E-state index in [9.17, 15) is 0 Å². The van der Waals surface area contributed by atoms with Crippen molar-refractivity contribution < 1.29 is 9.47 Å². The molecule has 19 heavy (non-hydrogen) atoms. The highest BCUT2D eigenvalue weighted by molar-refractivity contribution is 9.10. The van der Waals surface area contributed by atoms with E-state index in [0.29, 0.717) is 4.83 Å². The summed E-state index contributed by atoms with van der Waals surface area (Å²) in [5.74, 6) is 4.41. The molecule has 3 atom stereocenters. The van der Waals surface area contributed by atoms with Gasteiger partial charge in [-0.15, -0.1) is 0 Å². The van der Waals surface area contributed by atoms with E-state index < -0.39 is 0 Å². The molecule has 0 amide bonds. The molecule has 3 rings (SSSR count). The molecule has 2 saturated carbocycles. The Bertz CT molecular complexity index is 479. The zero-order valence-electron chi connectivity index (χ0n) is 11.2. The monoisotopic (exact) mass is 388 g/mol. The predicted octanol–water partition coefficient (Wildman–Crippen LogP) is 4.95. The van der Waals surface area contributed by atoms with Crippen molar-refractivity contribution in [3.05, 3.63) is 22.2 Å². The number of hydrogen-bond donors (Lipinski definition) is 0. The highest BCUT2D eigenvalue weighted by atomic mass is 79.9. The van der Waals surface area contributed by atoms with Gasteiger partial charge in [0.25, 0.3) is 0 Å². The third-order valence-corrected chi connectivity index (χ3v) is 6.34. The maximum Gasteiger partial charge on any atom is 0.133 e. The van der Waals surface area contributed by atoms with Crippen LogP contribution in [0.4, 0.5) is 0 Å². The average Bonchev–Trinajstić information content (AvgIpc) is 2.90. The Morgan fingerprint density at radius 3 is 2.32 bits per heavy atom. The van der Waals surface area contributed by atoms with Gasteiger partial charge in [0.15, 0.2) is 0 Å². The Labute approximate surface area is 131 Å². The summed E-state index contributed by atoms with van der Waals surface area (Å²) in [5.41, 5.74) is 1.21. The lowest BCUT2D eigenvalue weighted by Gasteiger charge is -2.18. The van der Waals surface area contributed by atoms with Crippen molar-refractivity contribution in [2.45, 2.75) is 24.1 Å². The molecule has 1 aromatic carbocycles. The number of rotatable bonds is 4. The lowest BCUT2D eigenvalue weighted by molar-refractivity contribution is 0.394. The normalized spacial score (nSPS) is 29.8. The first-order valence-corrected chi connectivity index (χ1v) is 8.43. The van der Waals surface area contributed by atoms with Gasteiger partial charge in [0.05, 0.1) is 18.7 Å². The van der Waals surface area contributed by atoms with E-state index in [4.69, 9.17) is 9.47 Å². The van der Waals surface area contributed by atoms with Crippen molar-refractivity contribution in [2.75, 3.05) is 14.2 Å². The first kappa shape index (κ1) is 13.7. The first-order chi connectivity index (χ1) is 9.17. The molecule has 2 fully saturated rings. The van der Waals surface area contributed by atoms with E-state index in [1.165, 1.54) is 24.8 Å². The quantitative estimate of drug-likeness (QED) is 0.678. The molecule has 0 heterocycles. The molecule has 3 unspecified atom stereocenters. The van der Waals surface area contributed by atoms with Crippen LogP contribution in [-0.2, 0) is 0 Å². The smallest absolute Gasteiger partial charge is 0.133 e. The fraction of sp³-hybridized carbons (Fsp3) is 0.600. The molecule has 1 aromatic rings. The van der Waals surface area contributed by atoms with E-state index in [-0.39, 0.29) is 0 Å². The van der Waals surface area contributed by atoms with E-state index in [2.05, 4.69) is 37.9 Å². The molecule has 0 aromatic heterocycles. The second kappa shape index (κ2) is 5.28. The van der Waals surface area contributed by atoms with Crippen molar-refractivity contribution in [2.24, 2.45) is 17.8 Å². The summed E-state index contributed by atoms with van der Waals surface area (Å²) in [7, 11) is 3.43. The Hall–Kier alpha value is -0.220. The number of hydrogen-bond acceptors (Lipinski definition) is 2. The Kier molecular flexibility index (Phi) is 3.82. The molecular weight excluding hydrogens is 372 g/mol. The molecule has 0 spiro atoms. The van der Waals surface area contributed by atoms with Gasteiger partial charge in [0, 0.05) is 10.4 Å². The van der Waals surface area contributed by atoms with Crippen LogP contribution in [0.2, 0.25) is 0 Å². The van der Waals surface area contributed by atoms with Gasteiger partial charge < -0.3 is 9.47 Å². The SMILES string of the molecule is COc1cc(C(Br)C2C3CCCC32)c(OC)cc1Br. The summed E-state index contributed by atoms with van der Waals surface area (Å²) in [4.78, 5) is 0.375. The number of ether oxygens (including phenoxy) is 2. The molecule has 4 heteroatoms. The summed E-state index contributed by atoms with van der Waals surface area (Å²) in [5, 5.41) is 0. The second-order valence-corrected chi connectivity index (χ2v) is 7.31. The van der Waals surface area contributed by atoms with Crippen LogP contribution in [0, 0.1) is 17.8 Å². The molecular formula is C15H18Br2O2. The summed E-state index contributed by atoms with van der Waals surface area (Å²) >= 11 is 7.41. The van der Waals surface area contributed by atoms with Gasteiger partial charge in [-0.1, -0.05) is 22.4 Å². The summed E-state index contributed by atoms with van der Waals surface area (Å²) in [6.45, 7) is 0. The fourth-order valence-electron chi connectivity index (χ4n) is 3.62. The Morgan fingerprint density at radius 2 is 1.74 bits per heavy atom. The number of benzene rings is 1. The largest absolute Gasteiger partial charge is 0.496 e. The van der Waals surface area contributed by atoms with Gasteiger partial charge in [-0.2, -0.15) is 0 Å². The average molecular weight is 390 g/mol.